The zero-order valence-corrected chi connectivity index (χ0v) is 19.8. The molecule has 1 spiro atoms. The number of likely N-dealkylation sites (tertiary alicyclic amines) is 1. The lowest BCUT2D eigenvalue weighted by Gasteiger charge is -2.27. The van der Waals surface area contributed by atoms with Crippen LogP contribution < -0.4 is 4.74 Å². The lowest BCUT2D eigenvalue weighted by molar-refractivity contribution is -0.145. The van der Waals surface area contributed by atoms with Crippen LogP contribution in [0.5, 0.6) is 5.75 Å². The third kappa shape index (κ3) is 2.96. The van der Waals surface area contributed by atoms with Gasteiger partial charge in [0.25, 0.3) is 0 Å². The van der Waals surface area contributed by atoms with Crippen molar-refractivity contribution in [1.29, 1.82) is 0 Å². The molecule has 0 N–H and O–H groups in total. The second-order valence-electron chi connectivity index (χ2n) is 9.50. The summed E-state index contributed by atoms with van der Waals surface area (Å²) in [5.74, 6) is -3.69. The van der Waals surface area contributed by atoms with E-state index in [-0.39, 0.29) is 17.7 Å². The maximum atomic E-state index is 13.9. The standard InChI is InChI=1S/C29H23NO6/c1-16-7-11-18(12-8-16)24-22-23(29(36-24)25(31)20-5-3-4-6-21(20)26(29)32)28(34)30(27(22)33)15-17-9-13-19(35-2)14-10-17/h3-14,22-24H,15H2,1-2H3/t22-,23+,24-/m0/s1. The number of carbonyl (C=O) groups is 4. The number of rotatable bonds is 4. The Morgan fingerprint density at radius 2 is 1.44 bits per heavy atom. The molecule has 3 aromatic rings. The van der Waals surface area contributed by atoms with Crippen LogP contribution in [0.4, 0.5) is 0 Å². The molecule has 3 aromatic carbocycles. The van der Waals surface area contributed by atoms with Crippen molar-refractivity contribution in [2.24, 2.45) is 11.8 Å². The molecule has 0 aromatic heterocycles. The van der Waals surface area contributed by atoms with Crippen LogP contribution in [0.1, 0.15) is 43.5 Å². The Hall–Kier alpha value is -4.10. The van der Waals surface area contributed by atoms with E-state index in [0.717, 1.165) is 16.0 Å². The molecule has 0 unspecified atom stereocenters. The number of ether oxygens (including phenoxy) is 2. The summed E-state index contributed by atoms with van der Waals surface area (Å²) in [4.78, 5) is 56.3. The lowest BCUT2D eigenvalue weighted by atomic mass is 9.77. The van der Waals surface area contributed by atoms with Crippen molar-refractivity contribution >= 4 is 23.4 Å². The number of ketones is 2. The van der Waals surface area contributed by atoms with E-state index in [4.69, 9.17) is 9.47 Å². The number of methoxy groups -OCH3 is 1. The third-order valence-electron chi connectivity index (χ3n) is 7.52. The van der Waals surface area contributed by atoms with E-state index in [0.29, 0.717) is 11.3 Å². The number of aryl methyl sites for hydroxylation is 1. The SMILES string of the molecule is COc1ccc(CN2C(=O)[C@@H]3[C@H](c4ccc(C)cc4)OC4(C(=O)c5ccccc5C4=O)[C@H]3C2=O)cc1. The molecule has 36 heavy (non-hydrogen) atoms. The molecular weight excluding hydrogens is 458 g/mol. The predicted molar refractivity (Wildman–Crippen MR) is 128 cm³/mol. The normalized spacial score (nSPS) is 23.9. The first-order chi connectivity index (χ1) is 17.4. The van der Waals surface area contributed by atoms with Gasteiger partial charge >= 0.3 is 0 Å². The third-order valence-corrected chi connectivity index (χ3v) is 7.52. The van der Waals surface area contributed by atoms with Crippen LogP contribution in [-0.2, 0) is 20.9 Å². The van der Waals surface area contributed by atoms with Gasteiger partial charge in [-0.15, -0.1) is 0 Å². The molecular formula is C29H23NO6. The Labute approximate surface area is 207 Å². The number of Topliss-reactive ketones (excluding diaryl/α,β-unsaturated/α-hetero) is 2. The van der Waals surface area contributed by atoms with Crippen molar-refractivity contribution in [3.63, 3.8) is 0 Å². The quantitative estimate of drug-likeness (QED) is 0.417. The molecule has 2 fully saturated rings. The minimum atomic E-state index is -2.05. The molecule has 0 radical (unpaired) electrons. The lowest BCUT2D eigenvalue weighted by Crippen LogP contribution is -2.50. The summed E-state index contributed by atoms with van der Waals surface area (Å²) in [6, 6.07) is 20.9. The average molecular weight is 482 g/mol. The van der Waals surface area contributed by atoms with E-state index in [2.05, 4.69) is 0 Å². The van der Waals surface area contributed by atoms with Crippen LogP contribution in [-0.4, -0.2) is 41.0 Å². The Kier molecular flexibility index (Phi) is 4.95. The molecule has 0 saturated carbocycles. The first-order valence-electron chi connectivity index (χ1n) is 11.8. The number of nitrogens with zero attached hydrogens (tertiary/aromatic N) is 1. The molecule has 7 nitrogen and oxygen atoms in total. The van der Waals surface area contributed by atoms with Crippen molar-refractivity contribution in [1.82, 2.24) is 4.90 Å². The minimum absolute atomic E-state index is 0.0285. The summed E-state index contributed by atoms with van der Waals surface area (Å²) in [6.07, 6.45) is -0.907. The van der Waals surface area contributed by atoms with Crippen LogP contribution in [0.15, 0.2) is 72.8 Å². The van der Waals surface area contributed by atoms with E-state index < -0.39 is 46.9 Å². The average Bonchev–Trinajstić information content (AvgIpc) is 3.46. The number of fused-ring (bicyclic) bond motifs is 3. The Morgan fingerprint density at radius 1 is 0.833 bits per heavy atom. The van der Waals surface area contributed by atoms with Gasteiger partial charge in [-0.2, -0.15) is 0 Å². The van der Waals surface area contributed by atoms with Crippen molar-refractivity contribution in [3.8, 4) is 5.75 Å². The summed E-state index contributed by atoms with van der Waals surface area (Å²) in [5, 5.41) is 0. The first-order valence-corrected chi connectivity index (χ1v) is 11.8. The molecule has 3 atom stereocenters. The van der Waals surface area contributed by atoms with E-state index in [1.165, 1.54) is 0 Å². The highest BCUT2D eigenvalue weighted by Crippen LogP contribution is 2.57. The van der Waals surface area contributed by atoms with Crippen LogP contribution in [0.25, 0.3) is 0 Å². The van der Waals surface area contributed by atoms with Gasteiger partial charge in [0.2, 0.25) is 29.0 Å². The number of carbonyl (C=O) groups excluding carboxylic acids is 4. The zero-order chi connectivity index (χ0) is 25.2. The molecule has 2 aliphatic heterocycles. The van der Waals surface area contributed by atoms with Gasteiger partial charge < -0.3 is 9.47 Å². The number of hydrogen-bond acceptors (Lipinski definition) is 6. The van der Waals surface area contributed by atoms with Crippen molar-refractivity contribution in [2.45, 2.75) is 25.2 Å². The highest BCUT2D eigenvalue weighted by Gasteiger charge is 2.74. The van der Waals surface area contributed by atoms with Gasteiger partial charge in [-0.3, -0.25) is 24.1 Å². The monoisotopic (exact) mass is 481 g/mol. The van der Waals surface area contributed by atoms with E-state index in [9.17, 15) is 19.2 Å². The zero-order valence-electron chi connectivity index (χ0n) is 19.8. The summed E-state index contributed by atoms with van der Waals surface area (Å²) < 4.78 is 11.5. The molecule has 0 bridgehead atoms. The molecule has 2 heterocycles. The minimum Gasteiger partial charge on any atom is -0.497 e. The maximum Gasteiger partial charge on any atom is 0.237 e. The van der Waals surface area contributed by atoms with Gasteiger partial charge in [0.15, 0.2) is 0 Å². The summed E-state index contributed by atoms with van der Waals surface area (Å²) in [7, 11) is 1.56. The molecule has 1 aliphatic carbocycles. The molecule has 2 amide bonds. The molecule has 180 valence electrons. The van der Waals surface area contributed by atoms with Crippen LogP contribution >= 0.6 is 0 Å². The molecule has 3 aliphatic rings. The number of imide groups is 1. The van der Waals surface area contributed by atoms with Gasteiger partial charge in [-0.1, -0.05) is 66.2 Å². The van der Waals surface area contributed by atoms with Crippen molar-refractivity contribution in [3.05, 3.63) is 101 Å². The van der Waals surface area contributed by atoms with Gasteiger partial charge in [0.1, 0.15) is 5.75 Å². The van der Waals surface area contributed by atoms with Gasteiger partial charge in [0, 0.05) is 11.1 Å². The fourth-order valence-electron chi connectivity index (χ4n) is 5.70. The van der Waals surface area contributed by atoms with Gasteiger partial charge in [-0.25, -0.2) is 0 Å². The van der Waals surface area contributed by atoms with Crippen LogP contribution in [0, 0.1) is 18.8 Å². The fourth-order valence-corrected chi connectivity index (χ4v) is 5.70. The van der Waals surface area contributed by atoms with Crippen molar-refractivity contribution < 1.29 is 28.7 Å². The topological polar surface area (TPSA) is 90.0 Å². The summed E-state index contributed by atoms with van der Waals surface area (Å²) in [6.45, 7) is 1.96. The highest BCUT2D eigenvalue weighted by atomic mass is 16.5. The van der Waals surface area contributed by atoms with Crippen LogP contribution in [0.2, 0.25) is 0 Å². The van der Waals surface area contributed by atoms with Gasteiger partial charge in [0.05, 0.1) is 31.6 Å². The second kappa shape index (κ2) is 7.96. The van der Waals surface area contributed by atoms with Crippen molar-refractivity contribution in [2.75, 3.05) is 7.11 Å². The number of hydrogen-bond donors (Lipinski definition) is 0. The second-order valence-corrected chi connectivity index (χ2v) is 9.50. The summed E-state index contributed by atoms with van der Waals surface area (Å²) >= 11 is 0. The van der Waals surface area contributed by atoms with Gasteiger partial charge in [-0.05, 0) is 30.2 Å². The van der Waals surface area contributed by atoms with E-state index in [1.807, 2.05) is 31.2 Å². The Bertz CT molecular complexity index is 1390. The largest absolute Gasteiger partial charge is 0.497 e. The fraction of sp³-hybridized carbons (Fsp3) is 0.241. The predicted octanol–water partition coefficient (Wildman–Crippen LogP) is 3.69. The number of amides is 2. The first kappa shape index (κ1) is 22.4. The highest BCUT2D eigenvalue weighted by molar-refractivity contribution is 6.35. The Balaban J connectivity index is 1.45. The molecule has 7 heteroatoms. The Morgan fingerprint density at radius 3 is 2.03 bits per heavy atom. The summed E-state index contributed by atoms with van der Waals surface area (Å²) in [5.41, 5.74) is 0.784. The molecule has 2 saturated heterocycles. The maximum absolute atomic E-state index is 13.9. The molecule has 6 rings (SSSR count). The van der Waals surface area contributed by atoms with E-state index in [1.54, 1.807) is 55.6 Å². The van der Waals surface area contributed by atoms with E-state index >= 15 is 0 Å². The number of benzene rings is 3. The smallest absolute Gasteiger partial charge is 0.237 e. The van der Waals surface area contributed by atoms with Crippen LogP contribution in [0.3, 0.4) is 0 Å².